The standard InChI is InChI=1S/C17H29NO/c1-4-6-16-8-10-17(11-9-16)15(3)18-12-5-7-14(2)13-19/h8-11,14-15,18-19H,4-7,12-13H2,1-3H3. The molecule has 0 aliphatic rings. The first-order valence-corrected chi connectivity index (χ1v) is 7.60. The quantitative estimate of drug-likeness (QED) is 0.666. The molecule has 0 aromatic heterocycles. The highest BCUT2D eigenvalue weighted by molar-refractivity contribution is 5.24. The maximum Gasteiger partial charge on any atom is 0.0456 e. The topological polar surface area (TPSA) is 32.3 Å². The van der Waals surface area contributed by atoms with Crippen LogP contribution in [0, 0.1) is 5.92 Å². The summed E-state index contributed by atoms with van der Waals surface area (Å²) in [6, 6.07) is 9.35. The molecule has 1 aromatic rings. The Morgan fingerprint density at radius 1 is 1.16 bits per heavy atom. The SMILES string of the molecule is CCCc1ccc(C(C)NCCCC(C)CO)cc1. The van der Waals surface area contributed by atoms with Gasteiger partial charge in [-0.1, -0.05) is 44.5 Å². The lowest BCUT2D eigenvalue weighted by atomic mass is 10.0. The van der Waals surface area contributed by atoms with Crippen molar-refractivity contribution in [2.24, 2.45) is 5.92 Å². The van der Waals surface area contributed by atoms with Crippen LogP contribution in [-0.4, -0.2) is 18.3 Å². The minimum Gasteiger partial charge on any atom is -0.396 e. The molecule has 0 bridgehead atoms. The molecule has 0 spiro atoms. The van der Waals surface area contributed by atoms with Crippen LogP contribution in [0.3, 0.4) is 0 Å². The van der Waals surface area contributed by atoms with Crippen molar-refractivity contribution in [3.63, 3.8) is 0 Å². The van der Waals surface area contributed by atoms with E-state index in [0.717, 1.165) is 19.4 Å². The van der Waals surface area contributed by atoms with Gasteiger partial charge in [0.05, 0.1) is 0 Å². The molecule has 1 rings (SSSR count). The van der Waals surface area contributed by atoms with Crippen LogP contribution in [0.1, 0.15) is 57.2 Å². The molecule has 2 unspecified atom stereocenters. The first-order valence-electron chi connectivity index (χ1n) is 7.60. The first kappa shape index (κ1) is 16.2. The molecule has 0 radical (unpaired) electrons. The van der Waals surface area contributed by atoms with Gasteiger partial charge in [0.25, 0.3) is 0 Å². The Labute approximate surface area is 118 Å². The van der Waals surface area contributed by atoms with Crippen molar-refractivity contribution in [2.75, 3.05) is 13.2 Å². The number of benzene rings is 1. The van der Waals surface area contributed by atoms with Crippen LogP contribution in [0.4, 0.5) is 0 Å². The number of hydrogen-bond acceptors (Lipinski definition) is 2. The van der Waals surface area contributed by atoms with E-state index in [0.29, 0.717) is 18.6 Å². The lowest BCUT2D eigenvalue weighted by molar-refractivity contribution is 0.227. The van der Waals surface area contributed by atoms with E-state index in [4.69, 9.17) is 5.11 Å². The van der Waals surface area contributed by atoms with Gasteiger partial charge in [-0.05, 0) is 49.8 Å². The second kappa shape index (κ2) is 9.11. The fourth-order valence-electron chi connectivity index (χ4n) is 2.24. The molecule has 2 heteroatoms. The highest BCUT2D eigenvalue weighted by Gasteiger charge is 2.05. The second-order valence-corrected chi connectivity index (χ2v) is 5.60. The zero-order chi connectivity index (χ0) is 14.1. The smallest absolute Gasteiger partial charge is 0.0456 e. The number of nitrogens with one attached hydrogen (secondary N) is 1. The Morgan fingerprint density at radius 2 is 1.84 bits per heavy atom. The monoisotopic (exact) mass is 263 g/mol. The Balaban J connectivity index is 2.30. The minimum absolute atomic E-state index is 0.300. The Morgan fingerprint density at radius 3 is 2.42 bits per heavy atom. The molecule has 2 atom stereocenters. The number of aryl methyl sites for hydroxylation is 1. The Bertz CT molecular complexity index is 334. The Hall–Kier alpha value is -0.860. The summed E-state index contributed by atoms with van der Waals surface area (Å²) in [5.41, 5.74) is 2.78. The van der Waals surface area contributed by atoms with E-state index in [2.05, 4.69) is 50.4 Å². The first-order chi connectivity index (χ1) is 9.17. The maximum absolute atomic E-state index is 8.97. The molecule has 19 heavy (non-hydrogen) atoms. The van der Waals surface area contributed by atoms with Crippen molar-refractivity contribution in [1.29, 1.82) is 0 Å². The van der Waals surface area contributed by atoms with E-state index in [9.17, 15) is 0 Å². The van der Waals surface area contributed by atoms with Gasteiger partial charge in [0, 0.05) is 12.6 Å². The summed E-state index contributed by atoms with van der Waals surface area (Å²) < 4.78 is 0. The summed E-state index contributed by atoms with van der Waals surface area (Å²) in [6.45, 7) is 7.84. The average molecular weight is 263 g/mol. The van der Waals surface area contributed by atoms with Gasteiger partial charge in [0.2, 0.25) is 0 Å². The van der Waals surface area contributed by atoms with E-state index < -0.39 is 0 Å². The zero-order valence-corrected chi connectivity index (χ0v) is 12.7. The summed E-state index contributed by atoms with van der Waals surface area (Å²) in [5.74, 6) is 0.422. The van der Waals surface area contributed by atoms with Crippen molar-refractivity contribution in [1.82, 2.24) is 5.32 Å². The number of aliphatic hydroxyl groups excluding tert-OH is 1. The third-order valence-electron chi connectivity index (χ3n) is 3.65. The minimum atomic E-state index is 0.300. The van der Waals surface area contributed by atoms with Crippen LogP contribution in [0.25, 0.3) is 0 Å². The molecule has 0 heterocycles. The highest BCUT2D eigenvalue weighted by atomic mass is 16.3. The molecular formula is C17H29NO. The van der Waals surface area contributed by atoms with Crippen molar-refractivity contribution in [2.45, 2.75) is 52.5 Å². The van der Waals surface area contributed by atoms with Crippen LogP contribution in [-0.2, 0) is 6.42 Å². The third kappa shape index (κ3) is 6.22. The normalized spacial score (nSPS) is 14.3. The van der Waals surface area contributed by atoms with Crippen LogP contribution in [0.15, 0.2) is 24.3 Å². The molecule has 108 valence electrons. The zero-order valence-electron chi connectivity index (χ0n) is 12.7. The molecular weight excluding hydrogens is 234 g/mol. The fourth-order valence-corrected chi connectivity index (χ4v) is 2.24. The molecule has 0 aliphatic heterocycles. The van der Waals surface area contributed by atoms with Crippen molar-refractivity contribution in [3.8, 4) is 0 Å². The highest BCUT2D eigenvalue weighted by Crippen LogP contribution is 2.14. The van der Waals surface area contributed by atoms with E-state index in [1.807, 2.05) is 0 Å². The van der Waals surface area contributed by atoms with Crippen molar-refractivity contribution < 1.29 is 5.11 Å². The predicted octanol–water partition coefficient (Wildman–Crippen LogP) is 3.70. The fraction of sp³-hybridized carbons (Fsp3) is 0.647. The van der Waals surface area contributed by atoms with Crippen LogP contribution in [0.2, 0.25) is 0 Å². The summed E-state index contributed by atoms with van der Waals surface area (Å²) in [5, 5.41) is 12.5. The van der Waals surface area contributed by atoms with Crippen molar-refractivity contribution in [3.05, 3.63) is 35.4 Å². The van der Waals surface area contributed by atoms with E-state index in [1.165, 1.54) is 24.0 Å². The second-order valence-electron chi connectivity index (χ2n) is 5.60. The summed E-state index contributed by atoms with van der Waals surface area (Å²) >= 11 is 0. The lowest BCUT2D eigenvalue weighted by Gasteiger charge is -2.15. The number of rotatable bonds is 9. The van der Waals surface area contributed by atoms with Crippen LogP contribution in [0.5, 0.6) is 0 Å². The largest absolute Gasteiger partial charge is 0.396 e. The van der Waals surface area contributed by atoms with Gasteiger partial charge in [-0.15, -0.1) is 0 Å². The molecule has 0 amide bonds. The predicted molar refractivity (Wildman–Crippen MR) is 82.3 cm³/mol. The van der Waals surface area contributed by atoms with Gasteiger partial charge in [0.15, 0.2) is 0 Å². The third-order valence-corrected chi connectivity index (χ3v) is 3.65. The van der Waals surface area contributed by atoms with Crippen molar-refractivity contribution >= 4 is 0 Å². The van der Waals surface area contributed by atoms with Crippen LogP contribution >= 0.6 is 0 Å². The summed E-state index contributed by atoms with van der Waals surface area (Å²) in [4.78, 5) is 0. The van der Waals surface area contributed by atoms with E-state index in [1.54, 1.807) is 0 Å². The molecule has 0 aliphatic carbocycles. The van der Waals surface area contributed by atoms with Gasteiger partial charge in [-0.3, -0.25) is 0 Å². The molecule has 0 fully saturated rings. The molecule has 2 N–H and O–H groups in total. The lowest BCUT2D eigenvalue weighted by Crippen LogP contribution is -2.20. The van der Waals surface area contributed by atoms with Gasteiger partial charge >= 0.3 is 0 Å². The molecule has 2 nitrogen and oxygen atoms in total. The number of aliphatic hydroxyl groups is 1. The van der Waals surface area contributed by atoms with E-state index in [-0.39, 0.29) is 0 Å². The maximum atomic E-state index is 8.97. The molecule has 0 saturated carbocycles. The van der Waals surface area contributed by atoms with Crippen LogP contribution < -0.4 is 5.32 Å². The molecule has 1 aromatic carbocycles. The van der Waals surface area contributed by atoms with Gasteiger partial charge in [-0.2, -0.15) is 0 Å². The molecule has 0 saturated heterocycles. The van der Waals surface area contributed by atoms with Gasteiger partial charge in [-0.25, -0.2) is 0 Å². The van der Waals surface area contributed by atoms with E-state index >= 15 is 0 Å². The summed E-state index contributed by atoms with van der Waals surface area (Å²) in [7, 11) is 0. The summed E-state index contributed by atoms with van der Waals surface area (Å²) in [6.07, 6.45) is 4.59. The average Bonchev–Trinajstić information content (AvgIpc) is 2.44. The number of hydrogen-bond donors (Lipinski definition) is 2. The Kier molecular flexibility index (Phi) is 7.76. The van der Waals surface area contributed by atoms with Gasteiger partial charge in [0.1, 0.15) is 0 Å². The van der Waals surface area contributed by atoms with Gasteiger partial charge < -0.3 is 10.4 Å².